The maximum absolute atomic E-state index is 12.2. The number of hydrogen-bond acceptors (Lipinski definition) is 5. The fraction of sp³-hybridized carbons (Fsp3) is 0.381. The topological polar surface area (TPSA) is 60.0 Å². The molecule has 0 aromatic heterocycles. The number of likely N-dealkylation sites (N-methyl/N-ethyl adjacent to an activating group) is 1. The van der Waals surface area contributed by atoms with Crippen LogP contribution in [0.5, 0.6) is 17.2 Å². The van der Waals surface area contributed by atoms with Crippen LogP contribution in [0.25, 0.3) is 0 Å². The van der Waals surface area contributed by atoms with Gasteiger partial charge in [-0.05, 0) is 62.4 Å². The van der Waals surface area contributed by atoms with Crippen LogP contribution in [-0.2, 0) is 11.2 Å². The quantitative estimate of drug-likeness (QED) is 0.694. The Balaban J connectivity index is 1.81. The van der Waals surface area contributed by atoms with Crippen LogP contribution in [0.3, 0.4) is 0 Å². The first-order valence-corrected chi connectivity index (χ1v) is 8.97. The van der Waals surface area contributed by atoms with Crippen LogP contribution in [0.15, 0.2) is 42.5 Å². The van der Waals surface area contributed by atoms with E-state index in [0.717, 1.165) is 30.0 Å². The maximum atomic E-state index is 12.2. The molecule has 0 bridgehead atoms. The van der Waals surface area contributed by atoms with E-state index >= 15 is 0 Å². The summed E-state index contributed by atoms with van der Waals surface area (Å²) in [4.78, 5) is 14.2. The number of nitrogens with one attached hydrogen (secondary N) is 1. The van der Waals surface area contributed by atoms with Gasteiger partial charge in [0.05, 0.1) is 27.4 Å². The summed E-state index contributed by atoms with van der Waals surface area (Å²) in [6.45, 7) is 3.64. The first kappa shape index (κ1) is 20.6. The minimum absolute atomic E-state index is 0.0472. The molecule has 2 aromatic carbocycles. The van der Waals surface area contributed by atoms with Crippen molar-refractivity contribution in [2.75, 3.05) is 46.3 Å². The van der Waals surface area contributed by atoms with Crippen LogP contribution in [0.2, 0.25) is 0 Å². The Hall–Kier alpha value is -2.73. The Morgan fingerprint density at radius 1 is 1.04 bits per heavy atom. The van der Waals surface area contributed by atoms with Crippen LogP contribution in [0.1, 0.15) is 12.5 Å². The molecule has 0 atom stereocenters. The number of hydrogen-bond donors (Lipinski definition) is 1. The normalized spacial score (nSPS) is 10.6. The smallest absolute Gasteiger partial charge is 0.238 e. The molecule has 0 heterocycles. The number of ether oxygens (including phenoxy) is 3. The lowest BCUT2D eigenvalue weighted by molar-refractivity contribution is -0.117. The summed E-state index contributed by atoms with van der Waals surface area (Å²) < 4.78 is 16.0. The molecule has 0 spiro atoms. The molecular formula is C21H28N2O4. The van der Waals surface area contributed by atoms with Gasteiger partial charge in [0.2, 0.25) is 5.91 Å². The average molecular weight is 372 g/mol. The number of nitrogens with zero attached hydrogens (tertiary/aromatic N) is 1. The highest BCUT2D eigenvalue weighted by Crippen LogP contribution is 2.27. The number of carbonyl (C=O) groups excluding carboxylic acids is 1. The molecule has 146 valence electrons. The highest BCUT2D eigenvalue weighted by atomic mass is 16.5. The van der Waals surface area contributed by atoms with E-state index < -0.39 is 0 Å². The second-order valence-electron chi connectivity index (χ2n) is 6.18. The second-order valence-corrected chi connectivity index (χ2v) is 6.18. The number of rotatable bonds is 10. The lowest BCUT2D eigenvalue weighted by atomic mass is 10.1. The molecule has 6 nitrogen and oxygen atoms in total. The van der Waals surface area contributed by atoms with Gasteiger partial charge in [-0.1, -0.05) is 6.07 Å². The van der Waals surface area contributed by atoms with Crippen molar-refractivity contribution in [3.05, 3.63) is 48.0 Å². The van der Waals surface area contributed by atoms with E-state index in [9.17, 15) is 4.79 Å². The lowest BCUT2D eigenvalue weighted by Gasteiger charge is -2.17. The van der Waals surface area contributed by atoms with Crippen molar-refractivity contribution in [2.24, 2.45) is 0 Å². The lowest BCUT2D eigenvalue weighted by Crippen LogP contribution is -2.31. The molecular weight excluding hydrogens is 344 g/mol. The Morgan fingerprint density at radius 3 is 2.37 bits per heavy atom. The third kappa shape index (κ3) is 6.49. The minimum Gasteiger partial charge on any atom is -0.494 e. The zero-order valence-corrected chi connectivity index (χ0v) is 16.5. The zero-order chi connectivity index (χ0) is 19.6. The number of methoxy groups -OCH3 is 2. The van der Waals surface area contributed by atoms with Crippen molar-refractivity contribution >= 4 is 11.6 Å². The van der Waals surface area contributed by atoms with Gasteiger partial charge in [0, 0.05) is 12.2 Å². The molecule has 0 aliphatic carbocycles. The Labute approximate surface area is 161 Å². The SMILES string of the molecule is CCOc1ccc(NC(=O)CN(C)CCc2ccc(OC)c(OC)c2)cc1. The van der Waals surface area contributed by atoms with Gasteiger partial charge in [0.15, 0.2) is 11.5 Å². The second kappa shape index (κ2) is 10.4. The number of carbonyl (C=O) groups is 1. The molecule has 0 saturated heterocycles. The van der Waals surface area contributed by atoms with Crippen LogP contribution >= 0.6 is 0 Å². The number of benzene rings is 2. The molecule has 2 rings (SSSR count). The van der Waals surface area contributed by atoms with E-state index in [0.29, 0.717) is 24.7 Å². The first-order valence-electron chi connectivity index (χ1n) is 8.97. The van der Waals surface area contributed by atoms with E-state index in [1.165, 1.54) is 0 Å². The third-order valence-corrected chi connectivity index (χ3v) is 4.09. The Morgan fingerprint density at radius 2 is 1.74 bits per heavy atom. The molecule has 0 fully saturated rings. The summed E-state index contributed by atoms with van der Waals surface area (Å²) in [6.07, 6.45) is 0.813. The van der Waals surface area contributed by atoms with Crippen molar-refractivity contribution in [3.63, 3.8) is 0 Å². The van der Waals surface area contributed by atoms with Gasteiger partial charge < -0.3 is 19.5 Å². The van der Waals surface area contributed by atoms with Gasteiger partial charge in [-0.15, -0.1) is 0 Å². The zero-order valence-electron chi connectivity index (χ0n) is 16.5. The van der Waals surface area contributed by atoms with Gasteiger partial charge in [-0.2, -0.15) is 0 Å². The van der Waals surface area contributed by atoms with Crippen molar-refractivity contribution < 1.29 is 19.0 Å². The summed E-state index contributed by atoms with van der Waals surface area (Å²) in [5, 5.41) is 2.90. The summed E-state index contributed by atoms with van der Waals surface area (Å²) in [5.74, 6) is 2.17. The Kier molecular flexibility index (Phi) is 7.95. The van der Waals surface area contributed by atoms with Gasteiger partial charge in [0.25, 0.3) is 0 Å². The summed E-state index contributed by atoms with van der Waals surface area (Å²) in [7, 11) is 5.17. The van der Waals surface area contributed by atoms with Gasteiger partial charge in [0.1, 0.15) is 5.75 Å². The van der Waals surface area contributed by atoms with Crippen molar-refractivity contribution in [1.82, 2.24) is 4.90 Å². The van der Waals surface area contributed by atoms with Gasteiger partial charge in [-0.25, -0.2) is 0 Å². The highest BCUT2D eigenvalue weighted by molar-refractivity contribution is 5.92. The third-order valence-electron chi connectivity index (χ3n) is 4.09. The summed E-state index contributed by atoms with van der Waals surface area (Å²) >= 11 is 0. The Bertz CT molecular complexity index is 731. The monoisotopic (exact) mass is 372 g/mol. The maximum Gasteiger partial charge on any atom is 0.238 e. The molecule has 0 radical (unpaired) electrons. The van der Waals surface area contributed by atoms with E-state index in [-0.39, 0.29) is 5.91 Å². The summed E-state index contributed by atoms with van der Waals surface area (Å²) in [6, 6.07) is 13.2. The standard InChI is InChI=1S/C21H28N2O4/c1-5-27-18-9-7-17(8-10-18)22-21(24)15-23(2)13-12-16-6-11-19(25-3)20(14-16)26-4/h6-11,14H,5,12-13,15H2,1-4H3,(H,22,24). The van der Waals surface area contributed by atoms with E-state index in [1.54, 1.807) is 14.2 Å². The molecule has 1 N–H and O–H groups in total. The van der Waals surface area contributed by atoms with Crippen LogP contribution in [-0.4, -0.2) is 51.8 Å². The molecule has 0 unspecified atom stereocenters. The van der Waals surface area contributed by atoms with Gasteiger partial charge in [-0.3, -0.25) is 9.69 Å². The average Bonchev–Trinajstić information content (AvgIpc) is 2.67. The first-order chi connectivity index (χ1) is 13.0. The molecule has 0 aliphatic rings. The molecule has 6 heteroatoms. The minimum atomic E-state index is -0.0472. The molecule has 2 aromatic rings. The largest absolute Gasteiger partial charge is 0.494 e. The van der Waals surface area contributed by atoms with Crippen molar-refractivity contribution in [3.8, 4) is 17.2 Å². The van der Waals surface area contributed by atoms with Crippen molar-refractivity contribution in [2.45, 2.75) is 13.3 Å². The molecule has 0 aliphatic heterocycles. The van der Waals surface area contributed by atoms with Crippen LogP contribution < -0.4 is 19.5 Å². The van der Waals surface area contributed by atoms with Gasteiger partial charge >= 0.3 is 0 Å². The predicted molar refractivity (Wildman–Crippen MR) is 107 cm³/mol. The fourth-order valence-corrected chi connectivity index (χ4v) is 2.68. The molecule has 27 heavy (non-hydrogen) atoms. The van der Waals surface area contributed by atoms with Crippen molar-refractivity contribution in [1.29, 1.82) is 0 Å². The highest BCUT2D eigenvalue weighted by Gasteiger charge is 2.09. The fourth-order valence-electron chi connectivity index (χ4n) is 2.68. The predicted octanol–water partition coefficient (Wildman–Crippen LogP) is 3.22. The summed E-state index contributed by atoms with van der Waals surface area (Å²) in [5.41, 5.74) is 1.89. The van der Waals surface area contributed by atoms with E-state index in [1.807, 2.05) is 61.3 Å². The van der Waals surface area contributed by atoms with E-state index in [2.05, 4.69) is 5.32 Å². The van der Waals surface area contributed by atoms with Crippen LogP contribution in [0.4, 0.5) is 5.69 Å². The molecule has 1 amide bonds. The van der Waals surface area contributed by atoms with E-state index in [4.69, 9.17) is 14.2 Å². The molecule has 0 saturated carbocycles. The van der Waals surface area contributed by atoms with Crippen LogP contribution in [0, 0.1) is 0 Å². The number of amides is 1. The number of anilines is 1.